The van der Waals surface area contributed by atoms with Gasteiger partial charge in [0.15, 0.2) is 5.82 Å². The molecule has 4 heteroatoms. The van der Waals surface area contributed by atoms with E-state index in [0.717, 1.165) is 36.3 Å². The third-order valence-electron chi connectivity index (χ3n) is 2.15. The summed E-state index contributed by atoms with van der Waals surface area (Å²) in [5.74, 6) is 0.783. The van der Waals surface area contributed by atoms with Gasteiger partial charge in [-0.2, -0.15) is 0 Å². The fourth-order valence-corrected chi connectivity index (χ4v) is 1.40. The summed E-state index contributed by atoms with van der Waals surface area (Å²) in [7, 11) is 1.69. The number of aryl methyl sites for hydroxylation is 1. The Hall–Kier alpha value is -1.55. The molecule has 4 nitrogen and oxygen atoms in total. The lowest BCUT2D eigenvalue weighted by Gasteiger charge is -2.00. The van der Waals surface area contributed by atoms with Crippen molar-refractivity contribution < 1.29 is 4.74 Å². The van der Waals surface area contributed by atoms with Crippen molar-refractivity contribution in [2.45, 2.75) is 12.8 Å². The number of hydrogen-bond donors (Lipinski definition) is 0. The highest BCUT2D eigenvalue weighted by Gasteiger charge is 2.00. The molecule has 0 unspecified atom stereocenters. The summed E-state index contributed by atoms with van der Waals surface area (Å²) >= 11 is 0. The summed E-state index contributed by atoms with van der Waals surface area (Å²) in [4.78, 5) is 4.42. The molecular weight excluding hydrogens is 190 g/mol. The first kappa shape index (κ1) is 9.98. The van der Waals surface area contributed by atoms with E-state index in [0.29, 0.717) is 0 Å². The Kier molecular flexibility index (Phi) is 3.19. The first-order valence-corrected chi connectivity index (χ1v) is 4.97. The highest BCUT2D eigenvalue weighted by atomic mass is 16.5. The lowest BCUT2D eigenvalue weighted by Crippen LogP contribution is -2.00. The van der Waals surface area contributed by atoms with Crippen molar-refractivity contribution in [2.24, 2.45) is 0 Å². The van der Waals surface area contributed by atoms with Gasteiger partial charge in [0.1, 0.15) is 5.52 Å². The standard InChI is InChI=1S/C11H13N3O/c1-15-8-4-7-11-12-9-5-2-3-6-10(9)13-14-11/h2-3,5-6H,4,7-8H2,1H3. The van der Waals surface area contributed by atoms with Crippen molar-refractivity contribution in [1.82, 2.24) is 15.2 Å². The lowest BCUT2D eigenvalue weighted by molar-refractivity contribution is 0.194. The van der Waals surface area contributed by atoms with Crippen LogP contribution >= 0.6 is 0 Å². The van der Waals surface area contributed by atoms with Gasteiger partial charge in [-0.1, -0.05) is 12.1 Å². The van der Waals surface area contributed by atoms with E-state index in [1.54, 1.807) is 7.11 Å². The van der Waals surface area contributed by atoms with Crippen LogP contribution in [0.2, 0.25) is 0 Å². The van der Waals surface area contributed by atoms with Crippen LogP contribution in [-0.4, -0.2) is 28.9 Å². The zero-order valence-corrected chi connectivity index (χ0v) is 8.68. The molecule has 0 radical (unpaired) electrons. The minimum atomic E-state index is 0.732. The van der Waals surface area contributed by atoms with E-state index in [9.17, 15) is 0 Å². The van der Waals surface area contributed by atoms with Gasteiger partial charge in [0.2, 0.25) is 0 Å². The predicted octanol–water partition coefficient (Wildman–Crippen LogP) is 1.60. The predicted molar refractivity (Wildman–Crippen MR) is 57.5 cm³/mol. The minimum absolute atomic E-state index is 0.732. The summed E-state index contributed by atoms with van der Waals surface area (Å²) in [6.07, 6.45) is 1.74. The SMILES string of the molecule is COCCCc1nnc2ccccc2n1. The fraction of sp³-hybridized carbons (Fsp3) is 0.364. The Balaban J connectivity index is 2.16. The molecule has 0 aliphatic carbocycles. The summed E-state index contributed by atoms with van der Waals surface area (Å²) in [5, 5.41) is 8.17. The maximum atomic E-state index is 4.98. The van der Waals surface area contributed by atoms with E-state index in [2.05, 4.69) is 15.2 Å². The third kappa shape index (κ3) is 2.47. The lowest BCUT2D eigenvalue weighted by atomic mass is 10.3. The molecule has 78 valence electrons. The van der Waals surface area contributed by atoms with Gasteiger partial charge < -0.3 is 4.74 Å². The molecule has 0 bridgehead atoms. The number of nitrogens with zero attached hydrogens (tertiary/aromatic N) is 3. The van der Waals surface area contributed by atoms with Gasteiger partial charge in [0.25, 0.3) is 0 Å². The number of benzene rings is 1. The number of hydrogen-bond acceptors (Lipinski definition) is 4. The number of rotatable bonds is 4. The van der Waals surface area contributed by atoms with Crippen LogP contribution in [0.4, 0.5) is 0 Å². The first-order chi connectivity index (χ1) is 7.40. The van der Waals surface area contributed by atoms with Crippen LogP contribution < -0.4 is 0 Å². The second-order valence-electron chi connectivity index (χ2n) is 3.31. The normalized spacial score (nSPS) is 10.7. The second kappa shape index (κ2) is 4.79. The van der Waals surface area contributed by atoms with Gasteiger partial charge in [0.05, 0.1) is 5.52 Å². The van der Waals surface area contributed by atoms with E-state index in [4.69, 9.17) is 4.74 Å². The molecule has 0 saturated heterocycles. The van der Waals surface area contributed by atoms with Crippen molar-refractivity contribution in [3.63, 3.8) is 0 Å². The number of para-hydroxylation sites is 1. The van der Waals surface area contributed by atoms with Gasteiger partial charge in [-0.3, -0.25) is 0 Å². The molecular formula is C11H13N3O. The molecule has 0 aliphatic heterocycles. The van der Waals surface area contributed by atoms with E-state index >= 15 is 0 Å². The molecule has 1 aromatic carbocycles. The Morgan fingerprint density at radius 1 is 1.13 bits per heavy atom. The molecule has 1 aromatic heterocycles. The number of ether oxygens (including phenoxy) is 1. The largest absolute Gasteiger partial charge is 0.385 e. The summed E-state index contributed by atoms with van der Waals surface area (Å²) in [6.45, 7) is 0.732. The van der Waals surface area contributed by atoms with Crippen LogP contribution in [0, 0.1) is 0 Å². The van der Waals surface area contributed by atoms with E-state index in [1.807, 2.05) is 24.3 Å². The summed E-state index contributed by atoms with van der Waals surface area (Å²) < 4.78 is 4.98. The van der Waals surface area contributed by atoms with Crippen molar-refractivity contribution in [1.29, 1.82) is 0 Å². The molecule has 2 aromatic rings. The molecule has 0 saturated carbocycles. The molecule has 0 atom stereocenters. The van der Waals surface area contributed by atoms with E-state index in [-0.39, 0.29) is 0 Å². The maximum Gasteiger partial charge on any atom is 0.151 e. The van der Waals surface area contributed by atoms with Crippen LogP contribution in [0.5, 0.6) is 0 Å². The van der Waals surface area contributed by atoms with Crippen LogP contribution in [-0.2, 0) is 11.2 Å². The Labute approximate surface area is 88.3 Å². The molecule has 0 fully saturated rings. The molecule has 0 spiro atoms. The summed E-state index contributed by atoms with van der Waals surface area (Å²) in [6, 6.07) is 7.75. The number of fused-ring (bicyclic) bond motifs is 1. The molecule has 0 aliphatic rings. The monoisotopic (exact) mass is 203 g/mol. The second-order valence-corrected chi connectivity index (χ2v) is 3.31. The highest BCUT2D eigenvalue weighted by molar-refractivity contribution is 5.72. The average molecular weight is 203 g/mol. The van der Waals surface area contributed by atoms with E-state index < -0.39 is 0 Å². The molecule has 15 heavy (non-hydrogen) atoms. The molecule has 0 N–H and O–H groups in total. The third-order valence-corrected chi connectivity index (χ3v) is 2.15. The van der Waals surface area contributed by atoms with Crippen LogP contribution in [0.15, 0.2) is 24.3 Å². The Morgan fingerprint density at radius 2 is 1.93 bits per heavy atom. The topological polar surface area (TPSA) is 47.9 Å². The van der Waals surface area contributed by atoms with Crippen LogP contribution in [0.3, 0.4) is 0 Å². The quantitative estimate of drug-likeness (QED) is 0.708. The van der Waals surface area contributed by atoms with Crippen LogP contribution in [0.1, 0.15) is 12.2 Å². The van der Waals surface area contributed by atoms with Crippen molar-refractivity contribution in [3.05, 3.63) is 30.1 Å². The number of methoxy groups -OCH3 is 1. The van der Waals surface area contributed by atoms with Crippen molar-refractivity contribution in [2.75, 3.05) is 13.7 Å². The molecule has 1 heterocycles. The van der Waals surface area contributed by atoms with Gasteiger partial charge >= 0.3 is 0 Å². The van der Waals surface area contributed by atoms with Gasteiger partial charge in [-0.05, 0) is 18.6 Å². The van der Waals surface area contributed by atoms with Gasteiger partial charge in [-0.15, -0.1) is 10.2 Å². The highest BCUT2D eigenvalue weighted by Crippen LogP contribution is 2.07. The van der Waals surface area contributed by atoms with Crippen molar-refractivity contribution >= 4 is 11.0 Å². The molecule has 0 amide bonds. The maximum absolute atomic E-state index is 4.98. The smallest absolute Gasteiger partial charge is 0.151 e. The Bertz CT molecular complexity index is 445. The molecule has 2 rings (SSSR count). The zero-order valence-electron chi connectivity index (χ0n) is 8.68. The zero-order chi connectivity index (χ0) is 10.5. The fourth-order valence-electron chi connectivity index (χ4n) is 1.40. The van der Waals surface area contributed by atoms with Gasteiger partial charge in [0, 0.05) is 20.1 Å². The van der Waals surface area contributed by atoms with E-state index in [1.165, 1.54) is 0 Å². The number of aromatic nitrogens is 3. The van der Waals surface area contributed by atoms with Crippen LogP contribution in [0.25, 0.3) is 11.0 Å². The minimum Gasteiger partial charge on any atom is -0.385 e. The summed E-state index contributed by atoms with van der Waals surface area (Å²) in [5.41, 5.74) is 1.74. The van der Waals surface area contributed by atoms with Gasteiger partial charge in [-0.25, -0.2) is 4.98 Å². The van der Waals surface area contributed by atoms with Crippen molar-refractivity contribution in [3.8, 4) is 0 Å². The first-order valence-electron chi connectivity index (χ1n) is 4.97. The Morgan fingerprint density at radius 3 is 2.73 bits per heavy atom. The average Bonchev–Trinajstić information content (AvgIpc) is 2.29.